The molecule has 0 aliphatic carbocycles. The summed E-state index contributed by atoms with van der Waals surface area (Å²) in [6.07, 6.45) is 6.80. The fourth-order valence-corrected chi connectivity index (χ4v) is 2.84. The molecule has 8 nitrogen and oxygen atoms in total. The third kappa shape index (κ3) is 4.40. The molecule has 144 valence electrons. The molecule has 3 aromatic rings. The van der Waals surface area contributed by atoms with Crippen LogP contribution in [-0.2, 0) is 20.1 Å². The Bertz CT molecular complexity index is 955. The van der Waals surface area contributed by atoms with Crippen molar-refractivity contribution in [2.24, 2.45) is 7.05 Å². The van der Waals surface area contributed by atoms with Gasteiger partial charge in [-0.2, -0.15) is 5.10 Å². The Balaban J connectivity index is 1.71. The second kappa shape index (κ2) is 8.43. The molecule has 0 aliphatic heterocycles. The van der Waals surface area contributed by atoms with Gasteiger partial charge in [0.25, 0.3) is 11.8 Å². The molecule has 3 aromatic heterocycles. The molecule has 3 rings (SSSR count). The third-order valence-corrected chi connectivity index (χ3v) is 4.30. The minimum atomic E-state index is -0.256. The normalized spacial score (nSPS) is 10.5. The maximum absolute atomic E-state index is 12.8. The van der Waals surface area contributed by atoms with E-state index in [4.69, 9.17) is 0 Å². The topological polar surface area (TPSA) is 84.2 Å². The summed E-state index contributed by atoms with van der Waals surface area (Å²) in [5.74, 6) is -0.471. The van der Waals surface area contributed by atoms with Crippen molar-refractivity contribution in [3.63, 3.8) is 0 Å². The molecule has 0 atom stereocenters. The number of aryl methyl sites for hydroxylation is 1. The average molecular weight is 378 g/mol. The highest BCUT2D eigenvalue weighted by Crippen LogP contribution is 2.12. The van der Waals surface area contributed by atoms with Crippen LogP contribution in [0, 0.1) is 0 Å². The lowest BCUT2D eigenvalue weighted by atomic mass is 10.2. The Kier molecular flexibility index (Phi) is 5.78. The van der Waals surface area contributed by atoms with Crippen LogP contribution in [0.1, 0.15) is 32.1 Å². The van der Waals surface area contributed by atoms with E-state index in [0.717, 1.165) is 11.1 Å². The zero-order valence-corrected chi connectivity index (χ0v) is 16.1. The van der Waals surface area contributed by atoms with E-state index in [0.29, 0.717) is 18.8 Å². The predicted molar refractivity (Wildman–Crippen MR) is 103 cm³/mol. The van der Waals surface area contributed by atoms with Gasteiger partial charge in [0.05, 0.1) is 0 Å². The smallest absolute Gasteiger partial charge is 0.274 e. The molecule has 8 heteroatoms. The van der Waals surface area contributed by atoms with Crippen molar-refractivity contribution >= 4 is 11.8 Å². The summed E-state index contributed by atoms with van der Waals surface area (Å²) in [6.45, 7) is 0.829. The number of carbonyl (C=O) groups is 2. The maximum Gasteiger partial charge on any atom is 0.274 e. The van der Waals surface area contributed by atoms with Crippen molar-refractivity contribution in [1.82, 2.24) is 29.5 Å². The SMILES string of the molecule is CN(Cc1cccnc1)C(=O)c1cc(C(=O)N(C)Cc2cccnc2)n(C)n1. The van der Waals surface area contributed by atoms with Crippen LogP contribution in [0.25, 0.3) is 0 Å². The highest BCUT2D eigenvalue weighted by molar-refractivity contribution is 5.97. The minimum absolute atomic E-state index is 0.215. The number of carbonyl (C=O) groups excluding carboxylic acids is 2. The lowest BCUT2D eigenvalue weighted by Crippen LogP contribution is -2.28. The zero-order valence-electron chi connectivity index (χ0n) is 16.1. The molecule has 0 fully saturated rings. The lowest BCUT2D eigenvalue weighted by molar-refractivity contribution is 0.0769. The van der Waals surface area contributed by atoms with Crippen molar-refractivity contribution in [1.29, 1.82) is 0 Å². The molecule has 28 heavy (non-hydrogen) atoms. The van der Waals surface area contributed by atoms with E-state index in [2.05, 4.69) is 15.1 Å². The minimum Gasteiger partial charge on any atom is -0.336 e. The van der Waals surface area contributed by atoms with Crippen molar-refractivity contribution in [3.8, 4) is 0 Å². The van der Waals surface area contributed by atoms with Crippen molar-refractivity contribution in [2.45, 2.75) is 13.1 Å². The molecule has 0 spiro atoms. The second-order valence-electron chi connectivity index (χ2n) is 6.58. The number of pyridine rings is 2. The van der Waals surface area contributed by atoms with Crippen LogP contribution >= 0.6 is 0 Å². The zero-order chi connectivity index (χ0) is 20.1. The van der Waals surface area contributed by atoms with Gasteiger partial charge in [0.15, 0.2) is 5.69 Å². The fraction of sp³-hybridized carbons (Fsp3) is 0.250. The van der Waals surface area contributed by atoms with E-state index in [1.165, 1.54) is 10.7 Å². The van der Waals surface area contributed by atoms with E-state index < -0.39 is 0 Å². The number of nitrogens with zero attached hydrogens (tertiary/aromatic N) is 6. The third-order valence-electron chi connectivity index (χ3n) is 4.30. The van der Waals surface area contributed by atoms with Crippen LogP contribution in [0.4, 0.5) is 0 Å². The summed E-state index contributed by atoms with van der Waals surface area (Å²) >= 11 is 0. The number of rotatable bonds is 6. The Morgan fingerprint density at radius 1 is 0.929 bits per heavy atom. The Morgan fingerprint density at radius 3 is 1.96 bits per heavy atom. The number of aromatic nitrogens is 4. The number of hydrogen-bond acceptors (Lipinski definition) is 5. The van der Waals surface area contributed by atoms with Gasteiger partial charge in [0.1, 0.15) is 5.69 Å². The van der Waals surface area contributed by atoms with Gasteiger partial charge in [-0.25, -0.2) is 0 Å². The fourth-order valence-electron chi connectivity index (χ4n) is 2.84. The van der Waals surface area contributed by atoms with Crippen LogP contribution in [-0.4, -0.2) is 55.5 Å². The van der Waals surface area contributed by atoms with E-state index in [1.54, 1.807) is 55.7 Å². The molecule has 2 amide bonds. The largest absolute Gasteiger partial charge is 0.336 e. The van der Waals surface area contributed by atoms with E-state index in [1.807, 2.05) is 24.3 Å². The molecule has 0 unspecified atom stereocenters. The molecule has 0 radical (unpaired) electrons. The van der Waals surface area contributed by atoms with Crippen LogP contribution in [0.15, 0.2) is 55.1 Å². The van der Waals surface area contributed by atoms with Crippen LogP contribution in [0.2, 0.25) is 0 Å². The molecule has 0 aliphatic rings. The van der Waals surface area contributed by atoms with Gasteiger partial charge in [-0.1, -0.05) is 12.1 Å². The van der Waals surface area contributed by atoms with Crippen LogP contribution in [0.3, 0.4) is 0 Å². The molecule has 0 bridgehead atoms. The first kappa shape index (κ1) is 19.2. The van der Waals surface area contributed by atoms with Gasteiger partial charge in [0.2, 0.25) is 0 Å². The van der Waals surface area contributed by atoms with Gasteiger partial charge >= 0.3 is 0 Å². The van der Waals surface area contributed by atoms with E-state index >= 15 is 0 Å². The molecule has 0 saturated carbocycles. The van der Waals surface area contributed by atoms with Gasteiger partial charge in [-0.15, -0.1) is 0 Å². The van der Waals surface area contributed by atoms with Crippen LogP contribution < -0.4 is 0 Å². The molecule has 0 N–H and O–H groups in total. The van der Waals surface area contributed by atoms with Gasteiger partial charge < -0.3 is 9.80 Å². The average Bonchev–Trinajstić information content (AvgIpc) is 3.09. The number of amides is 2. The summed E-state index contributed by atoms with van der Waals surface area (Å²) in [6, 6.07) is 8.99. The highest BCUT2D eigenvalue weighted by Gasteiger charge is 2.22. The summed E-state index contributed by atoms with van der Waals surface area (Å²) in [5, 5.41) is 4.23. The molecular formula is C20H22N6O2. The van der Waals surface area contributed by atoms with Gasteiger partial charge in [0, 0.05) is 65.1 Å². The summed E-state index contributed by atoms with van der Waals surface area (Å²) < 4.78 is 1.44. The van der Waals surface area contributed by atoms with Crippen molar-refractivity contribution in [3.05, 3.63) is 77.6 Å². The second-order valence-corrected chi connectivity index (χ2v) is 6.58. The van der Waals surface area contributed by atoms with Crippen LogP contribution in [0.5, 0.6) is 0 Å². The summed E-state index contributed by atoms with van der Waals surface area (Å²) in [4.78, 5) is 36.7. The first-order chi connectivity index (χ1) is 13.5. The lowest BCUT2D eigenvalue weighted by Gasteiger charge is -2.16. The van der Waals surface area contributed by atoms with E-state index in [-0.39, 0.29) is 17.5 Å². The Morgan fingerprint density at radius 2 is 1.46 bits per heavy atom. The summed E-state index contributed by atoms with van der Waals surface area (Å²) in [5.41, 5.74) is 2.42. The molecule has 3 heterocycles. The first-order valence-corrected chi connectivity index (χ1v) is 8.78. The van der Waals surface area contributed by atoms with E-state index in [9.17, 15) is 9.59 Å². The van der Waals surface area contributed by atoms with Gasteiger partial charge in [-0.05, 0) is 23.3 Å². The highest BCUT2D eigenvalue weighted by atomic mass is 16.2. The predicted octanol–water partition coefficient (Wildman–Crippen LogP) is 1.75. The molecule has 0 aromatic carbocycles. The maximum atomic E-state index is 12.8. The quantitative estimate of drug-likeness (QED) is 0.653. The number of hydrogen-bond donors (Lipinski definition) is 0. The first-order valence-electron chi connectivity index (χ1n) is 8.78. The Labute approximate surface area is 163 Å². The molecular weight excluding hydrogens is 356 g/mol. The monoisotopic (exact) mass is 378 g/mol. The van der Waals surface area contributed by atoms with Crippen molar-refractivity contribution < 1.29 is 9.59 Å². The van der Waals surface area contributed by atoms with Gasteiger partial charge in [-0.3, -0.25) is 24.2 Å². The molecule has 0 saturated heterocycles. The summed E-state index contributed by atoms with van der Waals surface area (Å²) in [7, 11) is 5.06. The standard InChI is InChI=1S/C20H22N6O2/c1-24(13-15-6-4-8-21-11-15)19(27)17-10-18(26(3)23-17)20(28)25(2)14-16-7-5-9-22-12-16/h4-12H,13-14H2,1-3H3. The Hall–Kier alpha value is -3.55. The van der Waals surface area contributed by atoms with Crippen molar-refractivity contribution in [2.75, 3.05) is 14.1 Å².